The molecule has 0 atom stereocenters. The summed E-state index contributed by atoms with van der Waals surface area (Å²) >= 11 is 5.94. The predicted octanol–water partition coefficient (Wildman–Crippen LogP) is 1.16. The molecule has 1 saturated heterocycles. The standard InChI is InChI=1S/C16H22ClN3O2/c17-15-3-1-2-14(12-15)4-6-18-7-5-16(22)20-10-8-19(13-21)9-11-20/h1-3,12-13,18H,4-11H2. The fraction of sp³-hybridized carbons (Fsp3) is 0.500. The zero-order chi connectivity index (χ0) is 15.8. The third-order valence-electron chi connectivity index (χ3n) is 3.81. The summed E-state index contributed by atoms with van der Waals surface area (Å²) in [5.41, 5.74) is 1.19. The minimum Gasteiger partial charge on any atom is -0.342 e. The highest BCUT2D eigenvalue weighted by molar-refractivity contribution is 6.30. The molecule has 5 nitrogen and oxygen atoms in total. The molecule has 1 aromatic carbocycles. The van der Waals surface area contributed by atoms with Gasteiger partial charge < -0.3 is 15.1 Å². The van der Waals surface area contributed by atoms with Crippen LogP contribution in [0.1, 0.15) is 12.0 Å². The second-order valence-corrected chi connectivity index (χ2v) is 5.84. The van der Waals surface area contributed by atoms with E-state index in [9.17, 15) is 9.59 Å². The van der Waals surface area contributed by atoms with Crippen LogP contribution >= 0.6 is 11.6 Å². The van der Waals surface area contributed by atoms with Gasteiger partial charge in [-0.1, -0.05) is 23.7 Å². The van der Waals surface area contributed by atoms with E-state index in [4.69, 9.17) is 11.6 Å². The molecule has 6 heteroatoms. The van der Waals surface area contributed by atoms with Crippen molar-refractivity contribution >= 4 is 23.9 Å². The molecule has 0 aliphatic carbocycles. The molecule has 0 unspecified atom stereocenters. The number of halogens is 1. The lowest BCUT2D eigenvalue weighted by Gasteiger charge is -2.32. The third kappa shape index (κ3) is 5.31. The maximum atomic E-state index is 12.0. The van der Waals surface area contributed by atoms with Gasteiger partial charge in [0.25, 0.3) is 0 Å². The minimum atomic E-state index is 0.154. The maximum Gasteiger partial charge on any atom is 0.223 e. The predicted molar refractivity (Wildman–Crippen MR) is 86.9 cm³/mol. The number of nitrogens with zero attached hydrogens (tertiary/aromatic N) is 2. The van der Waals surface area contributed by atoms with Crippen molar-refractivity contribution in [1.82, 2.24) is 15.1 Å². The van der Waals surface area contributed by atoms with E-state index in [-0.39, 0.29) is 5.91 Å². The smallest absolute Gasteiger partial charge is 0.223 e. The Morgan fingerprint density at radius 1 is 1.23 bits per heavy atom. The topological polar surface area (TPSA) is 52.7 Å². The zero-order valence-corrected chi connectivity index (χ0v) is 13.4. The monoisotopic (exact) mass is 323 g/mol. The van der Waals surface area contributed by atoms with Crippen molar-refractivity contribution < 1.29 is 9.59 Å². The number of rotatable bonds is 7. The van der Waals surface area contributed by atoms with Gasteiger partial charge in [0.15, 0.2) is 0 Å². The molecule has 120 valence electrons. The number of benzene rings is 1. The van der Waals surface area contributed by atoms with Crippen molar-refractivity contribution in [3.63, 3.8) is 0 Å². The molecule has 1 aliphatic heterocycles. The number of carbonyl (C=O) groups excluding carboxylic acids is 2. The molecule has 1 N–H and O–H groups in total. The van der Waals surface area contributed by atoms with Crippen molar-refractivity contribution in [2.24, 2.45) is 0 Å². The summed E-state index contributed by atoms with van der Waals surface area (Å²) in [4.78, 5) is 26.2. The van der Waals surface area contributed by atoms with Crippen LogP contribution in [-0.2, 0) is 16.0 Å². The van der Waals surface area contributed by atoms with Gasteiger partial charge in [-0.25, -0.2) is 0 Å². The van der Waals surface area contributed by atoms with Crippen LogP contribution in [0.25, 0.3) is 0 Å². The Kier molecular flexibility index (Phi) is 6.68. The average Bonchev–Trinajstić information content (AvgIpc) is 2.54. The summed E-state index contributed by atoms with van der Waals surface area (Å²) in [6.07, 6.45) is 2.24. The summed E-state index contributed by atoms with van der Waals surface area (Å²) in [5.74, 6) is 0.154. The molecule has 2 rings (SSSR count). The summed E-state index contributed by atoms with van der Waals surface area (Å²) in [5, 5.41) is 4.04. The Morgan fingerprint density at radius 2 is 2.00 bits per heavy atom. The molecule has 1 fully saturated rings. The first-order valence-electron chi connectivity index (χ1n) is 7.61. The number of amides is 2. The highest BCUT2D eigenvalue weighted by Gasteiger charge is 2.19. The Hall–Kier alpha value is -1.59. The van der Waals surface area contributed by atoms with Crippen LogP contribution in [0.2, 0.25) is 5.02 Å². The first-order valence-corrected chi connectivity index (χ1v) is 7.99. The molecule has 0 bridgehead atoms. The van der Waals surface area contributed by atoms with E-state index >= 15 is 0 Å². The normalized spacial score (nSPS) is 15.0. The summed E-state index contributed by atoms with van der Waals surface area (Å²) < 4.78 is 0. The van der Waals surface area contributed by atoms with Gasteiger partial charge in [-0.15, -0.1) is 0 Å². The minimum absolute atomic E-state index is 0.154. The maximum absolute atomic E-state index is 12.0. The Balaban J connectivity index is 1.58. The summed E-state index contributed by atoms with van der Waals surface area (Å²) in [6, 6.07) is 7.81. The average molecular weight is 324 g/mol. The van der Waals surface area contributed by atoms with Crippen molar-refractivity contribution in [3.8, 4) is 0 Å². The first kappa shape index (κ1) is 16.8. The van der Waals surface area contributed by atoms with E-state index in [1.54, 1.807) is 4.90 Å². The van der Waals surface area contributed by atoms with Crippen LogP contribution in [0.3, 0.4) is 0 Å². The lowest BCUT2D eigenvalue weighted by Crippen LogP contribution is -2.48. The summed E-state index contributed by atoms with van der Waals surface area (Å²) in [6.45, 7) is 4.05. The van der Waals surface area contributed by atoms with Gasteiger partial charge in [-0.2, -0.15) is 0 Å². The molecule has 2 amide bonds. The van der Waals surface area contributed by atoms with Gasteiger partial charge in [-0.3, -0.25) is 9.59 Å². The van der Waals surface area contributed by atoms with E-state index in [0.717, 1.165) is 24.4 Å². The highest BCUT2D eigenvalue weighted by Crippen LogP contribution is 2.10. The quantitative estimate of drug-likeness (QED) is 0.605. The molecule has 0 spiro atoms. The summed E-state index contributed by atoms with van der Waals surface area (Å²) in [7, 11) is 0. The number of hydrogen-bond donors (Lipinski definition) is 1. The van der Waals surface area contributed by atoms with Crippen LogP contribution in [-0.4, -0.2) is 61.4 Å². The highest BCUT2D eigenvalue weighted by atomic mass is 35.5. The van der Waals surface area contributed by atoms with E-state index in [1.165, 1.54) is 5.56 Å². The van der Waals surface area contributed by atoms with Crippen LogP contribution in [0.4, 0.5) is 0 Å². The number of nitrogens with one attached hydrogen (secondary N) is 1. The molecule has 1 aliphatic rings. The van der Waals surface area contributed by atoms with Crippen LogP contribution in [0, 0.1) is 0 Å². The van der Waals surface area contributed by atoms with Crippen molar-refractivity contribution in [3.05, 3.63) is 34.9 Å². The van der Waals surface area contributed by atoms with E-state index in [2.05, 4.69) is 5.32 Å². The first-order chi connectivity index (χ1) is 10.7. The second-order valence-electron chi connectivity index (χ2n) is 5.40. The van der Waals surface area contributed by atoms with Crippen LogP contribution < -0.4 is 5.32 Å². The zero-order valence-electron chi connectivity index (χ0n) is 12.6. The lowest BCUT2D eigenvalue weighted by atomic mass is 10.1. The Morgan fingerprint density at radius 3 is 2.68 bits per heavy atom. The van der Waals surface area contributed by atoms with E-state index in [1.807, 2.05) is 29.2 Å². The largest absolute Gasteiger partial charge is 0.342 e. The lowest BCUT2D eigenvalue weighted by molar-refractivity contribution is -0.135. The van der Waals surface area contributed by atoms with E-state index < -0.39 is 0 Å². The molecule has 22 heavy (non-hydrogen) atoms. The van der Waals surface area contributed by atoms with Crippen molar-refractivity contribution in [2.75, 3.05) is 39.3 Å². The molecule has 0 radical (unpaired) electrons. The molecule has 1 heterocycles. The fourth-order valence-electron chi connectivity index (χ4n) is 2.48. The van der Waals surface area contributed by atoms with Crippen molar-refractivity contribution in [1.29, 1.82) is 0 Å². The van der Waals surface area contributed by atoms with Gasteiger partial charge in [0.1, 0.15) is 0 Å². The van der Waals surface area contributed by atoms with Gasteiger partial charge in [-0.05, 0) is 30.7 Å². The van der Waals surface area contributed by atoms with E-state index in [0.29, 0.717) is 39.1 Å². The van der Waals surface area contributed by atoms with Crippen LogP contribution in [0.5, 0.6) is 0 Å². The molecule has 0 aromatic heterocycles. The molecule has 1 aromatic rings. The molecular weight excluding hydrogens is 302 g/mol. The Bertz CT molecular complexity index is 502. The van der Waals surface area contributed by atoms with Gasteiger partial charge in [0.2, 0.25) is 12.3 Å². The molecular formula is C16H22ClN3O2. The van der Waals surface area contributed by atoms with Gasteiger partial charge in [0.05, 0.1) is 0 Å². The van der Waals surface area contributed by atoms with Gasteiger partial charge in [0, 0.05) is 44.2 Å². The number of hydrogen-bond acceptors (Lipinski definition) is 3. The van der Waals surface area contributed by atoms with Gasteiger partial charge >= 0.3 is 0 Å². The van der Waals surface area contributed by atoms with Crippen LogP contribution in [0.15, 0.2) is 24.3 Å². The molecule has 0 saturated carbocycles. The fourth-order valence-corrected chi connectivity index (χ4v) is 2.69. The SMILES string of the molecule is O=CN1CCN(C(=O)CCNCCc2cccc(Cl)c2)CC1. The second kappa shape index (κ2) is 8.76. The Labute approximate surface area is 136 Å². The number of piperazine rings is 1. The van der Waals surface area contributed by atoms with Crippen molar-refractivity contribution in [2.45, 2.75) is 12.8 Å². The number of carbonyl (C=O) groups is 2. The third-order valence-corrected chi connectivity index (χ3v) is 4.05.